The maximum Gasteiger partial charge on any atom is 0.235 e. The molecule has 5 heteroatoms. The first-order chi connectivity index (χ1) is 8.04. The maximum absolute atomic E-state index is 10.6. The van der Waals surface area contributed by atoms with Crippen LogP contribution in [0.4, 0.5) is 0 Å². The molecule has 4 unspecified atom stereocenters. The molecule has 0 N–H and O–H groups in total. The number of aliphatic imine (C=N–C) groups is 2. The van der Waals surface area contributed by atoms with Gasteiger partial charge in [-0.1, -0.05) is 0 Å². The van der Waals surface area contributed by atoms with Crippen molar-refractivity contribution in [1.29, 1.82) is 0 Å². The van der Waals surface area contributed by atoms with Gasteiger partial charge in [-0.15, -0.1) is 11.8 Å². The Balaban J connectivity index is 2.26. The Labute approximate surface area is 105 Å². The highest BCUT2D eigenvalue weighted by Crippen LogP contribution is 2.56. The molecule has 2 fully saturated rings. The van der Waals surface area contributed by atoms with E-state index in [9.17, 15) is 9.59 Å². The van der Waals surface area contributed by atoms with Crippen LogP contribution in [0.3, 0.4) is 0 Å². The summed E-state index contributed by atoms with van der Waals surface area (Å²) in [6.45, 7) is 4.19. The summed E-state index contributed by atoms with van der Waals surface area (Å²) in [5.74, 6) is 0. The largest absolute Gasteiger partial charge is 0.235 e. The molecular weight excluding hydrogens is 236 g/mol. The second-order valence-electron chi connectivity index (χ2n) is 5.23. The van der Waals surface area contributed by atoms with Crippen molar-refractivity contribution in [3.05, 3.63) is 0 Å². The molecule has 92 valence electrons. The van der Waals surface area contributed by atoms with Crippen LogP contribution >= 0.6 is 11.8 Å². The molecule has 2 rings (SSSR count). The van der Waals surface area contributed by atoms with Crippen LogP contribution in [0.25, 0.3) is 0 Å². The minimum Gasteiger partial charge on any atom is -0.211 e. The van der Waals surface area contributed by atoms with Crippen LogP contribution in [-0.4, -0.2) is 33.7 Å². The fourth-order valence-electron chi connectivity index (χ4n) is 2.91. The zero-order chi connectivity index (χ0) is 12.5. The Hall–Kier alpha value is -0.890. The molecule has 0 radical (unpaired) electrons. The number of thioether (sulfide) groups is 1. The highest BCUT2D eigenvalue weighted by Gasteiger charge is 2.54. The zero-order valence-corrected chi connectivity index (χ0v) is 10.9. The van der Waals surface area contributed by atoms with E-state index in [0.717, 1.165) is 25.7 Å². The Morgan fingerprint density at radius 3 is 2.59 bits per heavy atom. The summed E-state index contributed by atoms with van der Waals surface area (Å²) in [7, 11) is 0. The molecule has 4 nitrogen and oxygen atoms in total. The van der Waals surface area contributed by atoms with Gasteiger partial charge in [-0.2, -0.15) is 4.99 Å². The van der Waals surface area contributed by atoms with E-state index < -0.39 is 0 Å². The SMILES string of the molecule is CC1(N=C=O)CCC2SC1(C)CCC2N=C=O. The Morgan fingerprint density at radius 1 is 1.18 bits per heavy atom. The van der Waals surface area contributed by atoms with Gasteiger partial charge < -0.3 is 0 Å². The third-order valence-electron chi connectivity index (χ3n) is 4.32. The van der Waals surface area contributed by atoms with E-state index in [2.05, 4.69) is 16.9 Å². The predicted molar refractivity (Wildman–Crippen MR) is 66.7 cm³/mol. The van der Waals surface area contributed by atoms with Crippen LogP contribution < -0.4 is 0 Å². The standard InChI is InChI=1S/C12H16N2O2S/c1-11(14-8-16)5-4-10-9(13-7-15)3-6-12(11,2)17-10/h9-10H,3-6H2,1-2H3. The highest BCUT2D eigenvalue weighted by atomic mass is 32.2. The Bertz CT molecular complexity index is 415. The normalized spacial score (nSPS) is 44.4. The minimum absolute atomic E-state index is 0.0395. The van der Waals surface area contributed by atoms with Crippen LogP contribution in [0.15, 0.2) is 9.98 Å². The molecule has 0 amide bonds. The van der Waals surface area contributed by atoms with Crippen LogP contribution in [0.1, 0.15) is 39.5 Å². The molecule has 0 saturated carbocycles. The molecule has 2 heterocycles. The van der Waals surface area contributed by atoms with Crippen molar-refractivity contribution in [1.82, 2.24) is 0 Å². The van der Waals surface area contributed by atoms with Crippen molar-refractivity contribution in [2.24, 2.45) is 9.98 Å². The Morgan fingerprint density at radius 2 is 1.94 bits per heavy atom. The van der Waals surface area contributed by atoms with Gasteiger partial charge in [0.2, 0.25) is 12.2 Å². The maximum atomic E-state index is 10.6. The average molecular weight is 252 g/mol. The van der Waals surface area contributed by atoms with Crippen LogP contribution in [0.2, 0.25) is 0 Å². The first kappa shape index (κ1) is 12.6. The smallest absolute Gasteiger partial charge is 0.211 e. The summed E-state index contributed by atoms with van der Waals surface area (Å²) < 4.78 is -0.0395. The third-order valence-corrected chi connectivity index (χ3v) is 6.34. The monoisotopic (exact) mass is 252 g/mol. The van der Waals surface area contributed by atoms with Crippen molar-refractivity contribution >= 4 is 23.9 Å². The molecule has 2 aliphatic rings. The van der Waals surface area contributed by atoms with E-state index in [1.54, 1.807) is 12.2 Å². The number of nitrogens with zero attached hydrogens (tertiary/aromatic N) is 2. The highest BCUT2D eigenvalue weighted by molar-refractivity contribution is 8.01. The molecule has 2 aliphatic heterocycles. The van der Waals surface area contributed by atoms with Crippen LogP contribution in [0.5, 0.6) is 0 Å². The van der Waals surface area contributed by atoms with E-state index in [4.69, 9.17) is 0 Å². The van der Waals surface area contributed by atoms with Gasteiger partial charge in [0, 0.05) is 10.00 Å². The molecule has 0 aromatic carbocycles. The van der Waals surface area contributed by atoms with Crippen molar-refractivity contribution in [2.75, 3.05) is 0 Å². The molecule has 17 heavy (non-hydrogen) atoms. The summed E-state index contributed by atoms with van der Waals surface area (Å²) in [6.07, 6.45) is 7.00. The van der Waals surface area contributed by atoms with Crippen molar-refractivity contribution in [3.8, 4) is 0 Å². The lowest BCUT2D eigenvalue weighted by atomic mass is 9.75. The number of hydrogen-bond acceptors (Lipinski definition) is 5. The van der Waals surface area contributed by atoms with E-state index >= 15 is 0 Å². The zero-order valence-electron chi connectivity index (χ0n) is 10.1. The van der Waals surface area contributed by atoms with Gasteiger partial charge in [-0.25, -0.2) is 14.6 Å². The summed E-state index contributed by atoms with van der Waals surface area (Å²) in [5, 5.41) is 0.366. The topological polar surface area (TPSA) is 58.9 Å². The molecule has 0 aromatic heterocycles. The molecular formula is C12H16N2O2S. The lowest BCUT2D eigenvalue weighted by Gasteiger charge is -2.53. The Kier molecular flexibility index (Phi) is 3.26. The summed E-state index contributed by atoms with van der Waals surface area (Å²) in [5.41, 5.74) is -0.328. The van der Waals surface area contributed by atoms with E-state index in [-0.39, 0.29) is 16.3 Å². The van der Waals surface area contributed by atoms with Gasteiger partial charge in [-0.05, 0) is 39.5 Å². The molecule has 2 saturated heterocycles. The number of hydrogen-bond donors (Lipinski definition) is 0. The molecule has 0 aromatic rings. The number of fused-ring (bicyclic) bond motifs is 2. The third kappa shape index (κ3) is 1.99. The molecule has 0 aliphatic carbocycles. The quantitative estimate of drug-likeness (QED) is 0.559. The van der Waals surface area contributed by atoms with E-state index in [1.165, 1.54) is 0 Å². The van der Waals surface area contributed by atoms with Gasteiger partial charge in [0.05, 0.1) is 11.6 Å². The summed E-state index contributed by atoms with van der Waals surface area (Å²) in [6, 6.07) is 0.0929. The second-order valence-corrected chi connectivity index (χ2v) is 6.97. The van der Waals surface area contributed by atoms with Crippen molar-refractivity contribution in [3.63, 3.8) is 0 Å². The minimum atomic E-state index is -0.328. The summed E-state index contributed by atoms with van der Waals surface area (Å²) >= 11 is 1.83. The predicted octanol–water partition coefficient (Wildman–Crippen LogP) is 2.23. The van der Waals surface area contributed by atoms with Crippen LogP contribution in [-0.2, 0) is 9.59 Å². The number of carbonyl (C=O) groups excluding carboxylic acids is 2. The fraction of sp³-hybridized carbons (Fsp3) is 0.833. The summed E-state index contributed by atoms with van der Waals surface area (Å²) in [4.78, 5) is 28.9. The molecule has 4 atom stereocenters. The number of rotatable bonds is 2. The van der Waals surface area contributed by atoms with Gasteiger partial charge in [0.25, 0.3) is 0 Å². The molecule has 0 spiro atoms. The van der Waals surface area contributed by atoms with Crippen molar-refractivity contribution < 1.29 is 9.59 Å². The van der Waals surface area contributed by atoms with E-state index in [1.807, 2.05) is 18.7 Å². The van der Waals surface area contributed by atoms with Crippen LogP contribution in [0, 0.1) is 0 Å². The lowest BCUT2D eigenvalue weighted by molar-refractivity contribution is 0.252. The first-order valence-electron chi connectivity index (χ1n) is 5.88. The fourth-order valence-corrected chi connectivity index (χ4v) is 4.80. The van der Waals surface area contributed by atoms with Gasteiger partial charge in [-0.3, -0.25) is 0 Å². The average Bonchev–Trinajstić information content (AvgIpc) is 2.29. The van der Waals surface area contributed by atoms with E-state index in [0.29, 0.717) is 5.25 Å². The number of isocyanates is 2. The van der Waals surface area contributed by atoms with Gasteiger partial charge >= 0.3 is 0 Å². The molecule has 2 bridgehead atoms. The second kappa shape index (κ2) is 4.41. The van der Waals surface area contributed by atoms with Gasteiger partial charge in [0.1, 0.15) is 0 Å². The van der Waals surface area contributed by atoms with Gasteiger partial charge in [0.15, 0.2) is 0 Å². The lowest BCUT2D eigenvalue weighted by Crippen LogP contribution is -2.55. The van der Waals surface area contributed by atoms with Crippen molar-refractivity contribution in [2.45, 2.75) is 61.1 Å². The first-order valence-corrected chi connectivity index (χ1v) is 6.76.